The molecule has 2 aliphatic rings. The molecule has 2 fully saturated rings. The molecule has 1 aromatic heterocycles. The largest absolute Gasteiger partial charge is 0.385 e. The van der Waals surface area contributed by atoms with E-state index >= 15 is 0 Å². The number of nitrogens with one attached hydrogen (secondary N) is 1. The Morgan fingerprint density at radius 3 is 2.86 bits per heavy atom. The molecule has 2 aliphatic carbocycles. The van der Waals surface area contributed by atoms with Gasteiger partial charge in [0.25, 0.3) is 0 Å². The fourth-order valence-electron chi connectivity index (χ4n) is 2.31. The first-order chi connectivity index (χ1) is 10.3. The molecular formula is C14H22N4O2S. The van der Waals surface area contributed by atoms with Gasteiger partial charge in [-0.3, -0.25) is 4.79 Å². The van der Waals surface area contributed by atoms with Crippen molar-refractivity contribution in [3.05, 3.63) is 5.82 Å². The van der Waals surface area contributed by atoms with Crippen LogP contribution in [0.2, 0.25) is 0 Å². The van der Waals surface area contributed by atoms with E-state index in [1.54, 1.807) is 7.11 Å². The molecule has 1 heterocycles. The van der Waals surface area contributed by atoms with Gasteiger partial charge in [0, 0.05) is 32.2 Å². The standard InChI is InChI=1S/C14H22N4O2S/c1-20-8-2-7-15-12(19)9-21-14-17-16-13(10-3-4-10)18(14)11-5-6-11/h10-11H,2-9H2,1H3,(H,15,19). The van der Waals surface area contributed by atoms with E-state index in [4.69, 9.17) is 4.74 Å². The third-order valence-corrected chi connectivity index (χ3v) is 4.67. The zero-order chi connectivity index (χ0) is 14.7. The third-order valence-electron chi connectivity index (χ3n) is 3.73. The van der Waals surface area contributed by atoms with Crippen molar-refractivity contribution in [1.29, 1.82) is 0 Å². The molecule has 0 radical (unpaired) electrons. The summed E-state index contributed by atoms with van der Waals surface area (Å²) in [5.74, 6) is 2.20. The quantitative estimate of drug-likeness (QED) is 0.556. The smallest absolute Gasteiger partial charge is 0.230 e. The van der Waals surface area contributed by atoms with E-state index < -0.39 is 0 Å². The summed E-state index contributed by atoms with van der Waals surface area (Å²) in [5.41, 5.74) is 0. The summed E-state index contributed by atoms with van der Waals surface area (Å²) in [6, 6.07) is 0.572. The van der Waals surface area contributed by atoms with Gasteiger partial charge in [0.2, 0.25) is 5.91 Å². The predicted molar refractivity (Wildman–Crippen MR) is 80.5 cm³/mol. The van der Waals surface area contributed by atoms with Crippen molar-refractivity contribution in [2.75, 3.05) is 26.0 Å². The summed E-state index contributed by atoms with van der Waals surface area (Å²) < 4.78 is 7.23. The van der Waals surface area contributed by atoms with Gasteiger partial charge < -0.3 is 14.6 Å². The number of carbonyl (C=O) groups excluding carboxylic acids is 1. The van der Waals surface area contributed by atoms with Crippen LogP contribution >= 0.6 is 11.8 Å². The van der Waals surface area contributed by atoms with E-state index in [0.717, 1.165) is 17.4 Å². The first kappa shape index (κ1) is 14.8. The maximum Gasteiger partial charge on any atom is 0.230 e. The zero-order valence-corrected chi connectivity index (χ0v) is 13.2. The molecule has 0 saturated heterocycles. The van der Waals surface area contributed by atoms with Crippen LogP contribution in [0, 0.1) is 0 Å². The van der Waals surface area contributed by atoms with Crippen LogP contribution in [-0.2, 0) is 9.53 Å². The SMILES string of the molecule is COCCCNC(=O)CSc1nnc(C2CC2)n1C1CC1. The number of thioether (sulfide) groups is 1. The first-order valence-corrected chi connectivity index (χ1v) is 8.61. The first-order valence-electron chi connectivity index (χ1n) is 7.63. The number of carbonyl (C=O) groups is 1. The molecule has 1 N–H and O–H groups in total. The Morgan fingerprint density at radius 2 is 2.19 bits per heavy atom. The zero-order valence-electron chi connectivity index (χ0n) is 12.4. The highest BCUT2D eigenvalue weighted by Crippen LogP contribution is 2.45. The van der Waals surface area contributed by atoms with Gasteiger partial charge >= 0.3 is 0 Å². The number of methoxy groups -OCH3 is 1. The monoisotopic (exact) mass is 310 g/mol. The molecule has 116 valence electrons. The second-order valence-electron chi connectivity index (χ2n) is 5.70. The van der Waals surface area contributed by atoms with E-state index in [9.17, 15) is 4.79 Å². The number of rotatable bonds is 9. The number of amides is 1. The van der Waals surface area contributed by atoms with E-state index in [2.05, 4.69) is 20.1 Å². The Morgan fingerprint density at radius 1 is 1.38 bits per heavy atom. The Hall–Kier alpha value is -1.08. The minimum absolute atomic E-state index is 0.0504. The highest BCUT2D eigenvalue weighted by molar-refractivity contribution is 7.99. The molecule has 0 spiro atoms. The lowest BCUT2D eigenvalue weighted by Gasteiger charge is -2.08. The number of aromatic nitrogens is 3. The van der Waals surface area contributed by atoms with Crippen molar-refractivity contribution in [1.82, 2.24) is 20.1 Å². The van der Waals surface area contributed by atoms with Gasteiger partial charge in [0.05, 0.1) is 5.75 Å². The van der Waals surface area contributed by atoms with Crippen molar-refractivity contribution < 1.29 is 9.53 Å². The average molecular weight is 310 g/mol. The molecular weight excluding hydrogens is 288 g/mol. The van der Waals surface area contributed by atoms with Gasteiger partial charge in [-0.15, -0.1) is 10.2 Å². The third kappa shape index (κ3) is 3.97. The highest BCUT2D eigenvalue weighted by atomic mass is 32.2. The predicted octanol–water partition coefficient (Wildman–Crippen LogP) is 1.74. The lowest BCUT2D eigenvalue weighted by molar-refractivity contribution is -0.118. The number of ether oxygens (including phenoxy) is 1. The Labute approximate surface area is 129 Å². The Bertz CT molecular complexity index is 497. The van der Waals surface area contributed by atoms with Crippen molar-refractivity contribution >= 4 is 17.7 Å². The van der Waals surface area contributed by atoms with E-state index in [-0.39, 0.29) is 5.91 Å². The summed E-state index contributed by atoms with van der Waals surface area (Å²) in [7, 11) is 1.67. The van der Waals surface area contributed by atoms with Crippen molar-refractivity contribution in [2.45, 2.75) is 49.2 Å². The molecule has 1 amide bonds. The average Bonchev–Trinajstić information content (AvgIpc) is 3.40. The van der Waals surface area contributed by atoms with Gasteiger partial charge in [-0.05, 0) is 32.1 Å². The summed E-state index contributed by atoms with van der Waals surface area (Å²) in [4.78, 5) is 11.8. The fraction of sp³-hybridized carbons (Fsp3) is 0.786. The van der Waals surface area contributed by atoms with Crippen LogP contribution in [0.4, 0.5) is 0 Å². The van der Waals surface area contributed by atoms with Crippen LogP contribution < -0.4 is 5.32 Å². The van der Waals surface area contributed by atoms with Crippen LogP contribution in [-0.4, -0.2) is 46.7 Å². The minimum atomic E-state index is 0.0504. The van der Waals surface area contributed by atoms with Gasteiger partial charge in [0.15, 0.2) is 5.16 Å². The minimum Gasteiger partial charge on any atom is -0.385 e. The lowest BCUT2D eigenvalue weighted by Crippen LogP contribution is -2.27. The van der Waals surface area contributed by atoms with Crippen molar-refractivity contribution in [2.24, 2.45) is 0 Å². The van der Waals surface area contributed by atoms with Gasteiger partial charge in [-0.2, -0.15) is 0 Å². The molecule has 0 unspecified atom stereocenters. The van der Waals surface area contributed by atoms with Gasteiger partial charge in [-0.1, -0.05) is 11.8 Å². The molecule has 0 aliphatic heterocycles. The Balaban J connectivity index is 1.50. The maximum atomic E-state index is 11.8. The lowest BCUT2D eigenvalue weighted by atomic mass is 10.4. The van der Waals surface area contributed by atoms with Gasteiger partial charge in [-0.25, -0.2) is 0 Å². The molecule has 21 heavy (non-hydrogen) atoms. The van der Waals surface area contributed by atoms with Crippen LogP contribution in [0.25, 0.3) is 0 Å². The molecule has 6 nitrogen and oxygen atoms in total. The molecule has 3 rings (SSSR count). The van der Waals surface area contributed by atoms with Crippen molar-refractivity contribution in [3.63, 3.8) is 0 Å². The molecule has 1 aromatic rings. The number of hydrogen-bond donors (Lipinski definition) is 1. The van der Waals surface area contributed by atoms with Crippen LogP contribution in [0.15, 0.2) is 5.16 Å². The summed E-state index contributed by atoms with van der Waals surface area (Å²) in [5, 5.41) is 12.4. The van der Waals surface area contributed by atoms with Crippen molar-refractivity contribution in [3.8, 4) is 0 Å². The number of nitrogens with zero attached hydrogens (tertiary/aromatic N) is 3. The van der Waals surface area contributed by atoms with Crippen LogP contribution in [0.5, 0.6) is 0 Å². The van der Waals surface area contributed by atoms with Gasteiger partial charge in [0.1, 0.15) is 5.82 Å². The summed E-state index contributed by atoms with van der Waals surface area (Å²) in [6.07, 6.45) is 5.74. The Kier molecular flexibility index (Phi) is 4.80. The summed E-state index contributed by atoms with van der Waals surface area (Å²) >= 11 is 1.50. The molecule has 0 atom stereocenters. The fourth-order valence-corrected chi connectivity index (χ4v) is 3.15. The molecule has 2 saturated carbocycles. The second-order valence-corrected chi connectivity index (χ2v) is 6.64. The van der Waals surface area contributed by atoms with E-state index in [1.807, 2.05) is 0 Å². The second kappa shape index (κ2) is 6.79. The van der Waals surface area contributed by atoms with E-state index in [1.165, 1.54) is 37.4 Å². The molecule has 0 bridgehead atoms. The molecule has 0 aromatic carbocycles. The highest BCUT2D eigenvalue weighted by Gasteiger charge is 2.36. The van der Waals surface area contributed by atoms with Crippen LogP contribution in [0.1, 0.15) is 49.9 Å². The summed E-state index contributed by atoms with van der Waals surface area (Å²) in [6.45, 7) is 1.34. The molecule has 7 heteroatoms. The van der Waals surface area contributed by atoms with Crippen LogP contribution in [0.3, 0.4) is 0 Å². The maximum absolute atomic E-state index is 11.8. The normalized spacial score (nSPS) is 18.0. The number of hydrogen-bond acceptors (Lipinski definition) is 5. The topological polar surface area (TPSA) is 69.0 Å². The van der Waals surface area contributed by atoms with E-state index in [0.29, 0.717) is 30.9 Å².